The van der Waals surface area contributed by atoms with E-state index in [1.807, 2.05) is 35.2 Å². The van der Waals surface area contributed by atoms with E-state index in [-0.39, 0.29) is 12.1 Å². The lowest BCUT2D eigenvalue weighted by Crippen LogP contribution is -2.46. The van der Waals surface area contributed by atoms with E-state index in [0.717, 1.165) is 60.4 Å². The highest BCUT2D eigenvalue weighted by atomic mass is 35.5. The largest absolute Gasteiger partial charge is 0.490 e. The first kappa shape index (κ1) is 24.6. The zero-order chi connectivity index (χ0) is 25.4. The topological polar surface area (TPSA) is 67.0 Å². The third-order valence-corrected chi connectivity index (χ3v) is 7.62. The number of nitrogens with one attached hydrogen (secondary N) is 1. The van der Waals surface area contributed by atoms with Gasteiger partial charge in [-0.15, -0.1) is 0 Å². The van der Waals surface area contributed by atoms with Crippen LogP contribution >= 0.6 is 23.2 Å². The highest BCUT2D eigenvalue weighted by Crippen LogP contribution is 2.40. The van der Waals surface area contributed by atoms with Crippen LogP contribution in [-0.4, -0.2) is 47.3 Å². The molecule has 4 aromatic rings. The molecule has 2 aliphatic heterocycles. The Morgan fingerprint density at radius 3 is 2.38 bits per heavy atom. The number of ether oxygens (including phenoxy) is 3. The first-order valence-electron chi connectivity index (χ1n) is 12.6. The number of aliphatic hydroxyl groups excluding tert-OH is 1. The number of benzene rings is 3. The van der Waals surface area contributed by atoms with Crippen LogP contribution in [0.5, 0.6) is 11.5 Å². The van der Waals surface area contributed by atoms with Gasteiger partial charge in [0.05, 0.1) is 19.3 Å². The van der Waals surface area contributed by atoms with Crippen LogP contribution < -0.4 is 9.47 Å². The van der Waals surface area contributed by atoms with Gasteiger partial charge in [-0.2, -0.15) is 0 Å². The Kier molecular flexibility index (Phi) is 7.02. The molecular formula is C29H28Cl2N2O4. The van der Waals surface area contributed by atoms with Crippen molar-refractivity contribution >= 4 is 34.1 Å². The number of hydrogen-bond acceptors (Lipinski definition) is 5. The van der Waals surface area contributed by atoms with Crippen LogP contribution in [0.3, 0.4) is 0 Å². The van der Waals surface area contributed by atoms with Gasteiger partial charge in [-0.3, -0.25) is 0 Å². The number of aliphatic hydroxyl groups is 1. The van der Waals surface area contributed by atoms with Crippen LogP contribution in [0.2, 0.25) is 10.0 Å². The van der Waals surface area contributed by atoms with Gasteiger partial charge in [0, 0.05) is 46.0 Å². The fourth-order valence-electron chi connectivity index (χ4n) is 5.29. The molecule has 0 bridgehead atoms. The minimum atomic E-state index is -1.16. The molecule has 3 aromatic carbocycles. The molecule has 2 N–H and O–H groups in total. The molecular weight excluding hydrogens is 511 g/mol. The monoisotopic (exact) mass is 538 g/mol. The molecule has 0 saturated carbocycles. The maximum atomic E-state index is 11.2. The molecule has 6 nitrogen and oxygen atoms in total. The lowest BCUT2D eigenvalue weighted by Gasteiger charge is -2.38. The Morgan fingerprint density at radius 2 is 1.62 bits per heavy atom. The van der Waals surface area contributed by atoms with Crippen LogP contribution in [0.4, 0.5) is 0 Å². The molecule has 6 rings (SSSR count). The van der Waals surface area contributed by atoms with Crippen molar-refractivity contribution in [1.82, 2.24) is 9.88 Å². The highest BCUT2D eigenvalue weighted by Gasteiger charge is 2.36. The van der Waals surface area contributed by atoms with Gasteiger partial charge < -0.3 is 24.3 Å². The predicted octanol–water partition coefficient (Wildman–Crippen LogP) is 6.33. The zero-order valence-corrected chi connectivity index (χ0v) is 21.7. The predicted molar refractivity (Wildman–Crippen MR) is 145 cm³/mol. The summed E-state index contributed by atoms with van der Waals surface area (Å²) in [5.41, 5.74) is 4.28. The maximum Gasteiger partial charge on any atom is 0.260 e. The number of H-pyrrole nitrogens is 1. The van der Waals surface area contributed by atoms with Crippen molar-refractivity contribution in [2.75, 3.05) is 19.8 Å². The minimum absolute atomic E-state index is 0.172. The summed E-state index contributed by atoms with van der Waals surface area (Å²) in [5.74, 6) is 1.38. The molecule has 3 heterocycles. The Morgan fingerprint density at radius 1 is 0.919 bits per heavy atom. The molecule has 2 atom stereocenters. The fraction of sp³-hybridized carbons (Fsp3) is 0.310. The van der Waals surface area contributed by atoms with Crippen molar-refractivity contribution in [1.29, 1.82) is 0 Å². The van der Waals surface area contributed by atoms with Gasteiger partial charge in [0.1, 0.15) is 17.6 Å². The van der Waals surface area contributed by atoms with Gasteiger partial charge in [-0.1, -0.05) is 35.3 Å². The average molecular weight is 539 g/mol. The van der Waals surface area contributed by atoms with Gasteiger partial charge in [0.15, 0.2) is 0 Å². The van der Waals surface area contributed by atoms with Crippen LogP contribution in [0.1, 0.15) is 35.7 Å². The molecule has 1 saturated heterocycles. The molecule has 8 heteroatoms. The summed E-state index contributed by atoms with van der Waals surface area (Å²) in [4.78, 5) is 5.56. The lowest BCUT2D eigenvalue weighted by molar-refractivity contribution is -0.150. The summed E-state index contributed by atoms with van der Waals surface area (Å²) in [6.07, 6.45) is 1.55. The molecule has 0 aliphatic carbocycles. The summed E-state index contributed by atoms with van der Waals surface area (Å²) in [6.45, 7) is 2.07. The molecule has 1 fully saturated rings. The van der Waals surface area contributed by atoms with Crippen molar-refractivity contribution < 1.29 is 19.3 Å². The van der Waals surface area contributed by atoms with E-state index in [2.05, 4.69) is 17.1 Å². The Bertz CT molecular complexity index is 1370. The van der Waals surface area contributed by atoms with E-state index < -0.39 is 6.41 Å². The van der Waals surface area contributed by atoms with Crippen molar-refractivity contribution in [2.45, 2.75) is 37.8 Å². The third kappa shape index (κ3) is 5.17. The van der Waals surface area contributed by atoms with Gasteiger partial charge in [0.2, 0.25) is 0 Å². The standard InChI is InChI=1S/C29H28Cl2N2O4/c30-19-3-8-22(9-4-19)37-29(34)33-14-11-24-25-17-20(31)5-10-26(25)32-27(24)28(33)18-1-6-21(7-2-18)36-23-12-15-35-16-13-23/h1-10,17,23,28-29,32,34H,11-16H2/t28-,29?/m0/s1. The second kappa shape index (κ2) is 10.6. The van der Waals surface area contributed by atoms with E-state index in [0.29, 0.717) is 22.3 Å². The summed E-state index contributed by atoms with van der Waals surface area (Å²) in [6, 6.07) is 20.8. The number of aromatic nitrogens is 1. The molecule has 192 valence electrons. The maximum absolute atomic E-state index is 11.2. The highest BCUT2D eigenvalue weighted by molar-refractivity contribution is 6.31. The van der Waals surface area contributed by atoms with E-state index in [1.165, 1.54) is 5.56 Å². The van der Waals surface area contributed by atoms with Crippen molar-refractivity contribution in [2.24, 2.45) is 0 Å². The number of nitrogens with zero attached hydrogens (tertiary/aromatic N) is 1. The molecule has 37 heavy (non-hydrogen) atoms. The quantitative estimate of drug-likeness (QED) is 0.280. The molecule has 1 unspecified atom stereocenters. The summed E-state index contributed by atoms with van der Waals surface area (Å²) < 4.78 is 17.6. The molecule has 2 aliphatic rings. The van der Waals surface area contributed by atoms with Crippen molar-refractivity contribution in [3.8, 4) is 11.5 Å². The first-order chi connectivity index (χ1) is 18.0. The molecule has 0 spiro atoms. The molecule has 0 radical (unpaired) electrons. The Hall–Kier alpha value is -2.74. The summed E-state index contributed by atoms with van der Waals surface area (Å²) in [5, 5.41) is 13.7. The number of fused-ring (bicyclic) bond motifs is 3. The third-order valence-electron chi connectivity index (χ3n) is 7.13. The Labute approximate surface area is 225 Å². The van der Waals surface area contributed by atoms with Crippen LogP contribution in [0.25, 0.3) is 10.9 Å². The van der Waals surface area contributed by atoms with E-state index in [1.54, 1.807) is 24.3 Å². The van der Waals surface area contributed by atoms with Crippen LogP contribution in [0, 0.1) is 0 Å². The fourth-order valence-corrected chi connectivity index (χ4v) is 5.59. The number of aromatic amines is 1. The molecule has 0 amide bonds. The van der Waals surface area contributed by atoms with Gasteiger partial charge in [-0.25, -0.2) is 4.90 Å². The van der Waals surface area contributed by atoms with Gasteiger partial charge in [-0.05, 0) is 72.1 Å². The smallest absolute Gasteiger partial charge is 0.260 e. The minimum Gasteiger partial charge on any atom is -0.490 e. The summed E-state index contributed by atoms with van der Waals surface area (Å²) >= 11 is 12.4. The van der Waals surface area contributed by atoms with Crippen LogP contribution in [0.15, 0.2) is 66.7 Å². The SMILES string of the molecule is OC(Oc1ccc(Cl)cc1)N1CCc2c([nH]c3ccc(Cl)cc23)[C@@H]1c1ccc(OC2CCOCC2)cc1. The van der Waals surface area contributed by atoms with Crippen molar-refractivity contribution in [3.63, 3.8) is 0 Å². The number of rotatable bonds is 6. The second-order valence-corrected chi connectivity index (χ2v) is 10.4. The van der Waals surface area contributed by atoms with E-state index >= 15 is 0 Å². The normalized spacial score (nSPS) is 19.5. The van der Waals surface area contributed by atoms with E-state index in [9.17, 15) is 5.11 Å². The van der Waals surface area contributed by atoms with E-state index in [4.69, 9.17) is 37.4 Å². The molecule has 1 aromatic heterocycles. The second-order valence-electron chi connectivity index (χ2n) is 9.49. The number of halogens is 2. The van der Waals surface area contributed by atoms with Gasteiger partial charge >= 0.3 is 0 Å². The number of hydrogen-bond donors (Lipinski definition) is 2. The zero-order valence-electron chi connectivity index (χ0n) is 20.2. The van der Waals surface area contributed by atoms with Gasteiger partial charge in [0.25, 0.3) is 6.41 Å². The first-order valence-corrected chi connectivity index (χ1v) is 13.3. The lowest BCUT2D eigenvalue weighted by atomic mass is 9.92. The van der Waals surface area contributed by atoms with Crippen LogP contribution in [-0.2, 0) is 11.2 Å². The van der Waals surface area contributed by atoms with Crippen molar-refractivity contribution in [3.05, 3.63) is 93.6 Å². The Balaban J connectivity index is 1.33. The summed E-state index contributed by atoms with van der Waals surface area (Å²) in [7, 11) is 0. The average Bonchev–Trinajstić information content (AvgIpc) is 3.28.